The molecule has 2 aromatic carbocycles. The number of para-hydroxylation sites is 2. The molecule has 1 saturated heterocycles. The zero-order valence-electron chi connectivity index (χ0n) is 16.6. The van der Waals surface area contributed by atoms with E-state index in [9.17, 15) is 4.79 Å². The first kappa shape index (κ1) is 19.0. The van der Waals surface area contributed by atoms with Crippen molar-refractivity contribution in [3.05, 3.63) is 59.9 Å². The summed E-state index contributed by atoms with van der Waals surface area (Å²) in [6, 6.07) is 15.4. The quantitative estimate of drug-likeness (QED) is 0.716. The molecule has 0 aliphatic carbocycles. The van der Waals surface area contributed by atoms with E-state index in [0.29, 0.717) is 17.3 Å². The van der Waals surface area contributed by atoms with Crippen LogP contribution in [0.4, 0.5) is 5.69 Å². The SMILES string of the molecule is COc1ccccc1N1CCC(NC(=O)c2ccc(-c3nc(C)no3)cc2)CC1. The van der Waals surface area contributed by atoms with Crippen molar-refractivity contribution >= 4 is 11.6 Å². The number of rotatable bonds is 5. The highest BCUT2D eigenvalue weighted by molar-refractivity contribution is 5.94. The lowest BCUT2D eigenvalue weighted by atomic mass is 10.0. The summed E-state index contributed by atoms with van der Waals surface area (Å²) in [4.78, 5) is 19.1. The second-order valence-electron chi connectivity index (χ2n) is 7.13. The molecule has 1 aliphatic rings. The van der Waals surface area contributed by atoms with E-state index < -0.39 is 0 Å². The van der Waals surface area contributed by atoms with Crippen LogP contribution in [0, 0.1) is 6.92 Å². The maximum absolute atomic E-state index is 12.6. The molecule has 0 atom stereocenters. The zero-order valence-corrected chi connectivity index (χ0v) is 16.6. The summed E-state index contributed by atoms with van der Waals surface area (Å²) in [7, 11) is 1.69. The highest BCUT2D eigenvalue weighted by Gasteiger charge is 2.23. The summed E-state index contributed by atoms with van der Waals surface area (Å²) in [5, 5.41) is 6.94. The Labute approximate surface area is 169 Å². The number of ether oxygens (including phenoxy) is 1. The molecule has 150 valence electrons. The number of nitrogens with one attached hydrogen (secondary N) is 1. The third kappa shape index (κ3) is 4.23. The zero-order chi connectivity index (χ0) is 20.2. The van der Waals surface area contributed by atoms with Crippen LogP contribution >= 0.6 is 0 Å². The fourth-order valence-electron chi connectivity index (χ4n) is 3.60. The van der Waals surface area contributed by atoms with E-state index in [-0.39, 0.29) is 11.9 Å². The Morgan fingerprint density at radius 2 is 1.86 bits per heavy atom. The maximum Gasteiger partial charge on any atom is 0.257 e. The highest BCUT2D eigenvalue weighted by atomic mass is 16.5. The first-order valence-electron chi connectivity index (χ1n) is 9.73. The molecule has 0 saturated carbocycles. The van der Waals surface area contributed by atoms with Crippen molar-refractivity contribution in [3.8, 4) is 17.2 Å². The summed E-state index contributed by atoms with van der Waals surface area (Å²) >= 11 is 0. The normalized spacial score (nSPS) is 14.6. The second-order valence-corrected chi connectivity index (χ2v) is 7.13. The van der Waals surface area contributed by atoms with Crippen molar-refractivity contribution in [3.63, 3.8) is 0 Å². The molecule has 7 heteroatoms. The Morgan fingerprint density at radius 1 is 1.14 bits per heavy atom. The number of carbonyl (C=O) groups is 1. The molecule has 7 nitrogen and oxygen atoms in total. The van der Waals surface area contributed by atoms with Gasteiger partial charge in [-0.15, -0.1) is 0 Å². The van der Waals surface area contributed by atoms with Crippen molar-refractivity contribution < 1.29 is 14.1 Å². The minimum absolute atomic E-state index is 0.0611. The monoisotopic (exact) mass is 392 g/mol. The number of hydrogen-bond acceptors (Lipinski definition) is 6. The van der Waals surface area contributed by atoms with Crippen LogP contribution in [0.5, 0.6) is 5.75 Å². The Morgan fingerprint density at radius 3 is 2.52 bits per heavy atom. The minimum Gasteiger partial charge on any atom is -0.495 e. The topological polar surface area (TPSA) is 80.5 Å². The number of hydrogen-bond donors (Lipinski definition) is 1. The molecule has 1 fully saturated rings. The molecule has 29 heavy (non-hydrogen) atoms. The predicted octanol–water partition coefficient (Wildman–Crippen LogP) is 3.45. The van der Waals surface area contributed by atoms with Gasteiger partial charge in [-0.05, 0) is 56.2 Å². The number of anilines is 1. The van der Waals surface area contributed by atoms with Gasteiger partial charge in [0, 0.05) is 30.3 Å². The Hall–Kier alpha value is -3.35. The maximum atomic E-state index is 12.6. The number of nitrogens with zero attached hydrogens (tertiary/aromatic N) is 3. The van der Waals surface area contributed by atoms with E-state index in [4.69, 9.17) is 9.26 Å². The summed E-state index contributed by atoms with van der Waals surface area (Å²) in [6.07, 6.45) is 1.78. The number of carbonyl (C=O) groups excluding carboxylic acids is 1. The van der Waals surface area contributed by atoms with Gasteiger partial charge >= 0.3 is 0 Å². The summed E-state index contributed by atoms with van der Waals surface area (Å²) in [5.74, 6) is 1.86. The molecular formula is C22H24N4O3. The van der Waals surface area contributed by atoms with Gasteiger partial charge < -0.3 is 19.5 Å². The molecule has 3 aromatic rings. The van der Waals surface area contributed by atoms with Crippen LogP contribution in [-0.2, 0) is 0 Å². The van der Waals surface area contributed by atoms with Crippen LogP contribution in [0.2, 0.25) is 0 Å². The van der Waals surface area contributed by atoms with Crippen molar-refractivity contribution in [2.45, 2.75) is 25.8 Å². The standard InChI is InChI=1S/C22H24N4O3/c1-15-23-22(29-25-15)17-9-7-16(8-10-17)21(27)24-18-11-13-26(14-12-18)19-5-3-4-6-20(19)28-2/h3-10,18H,11-14H2,1-2H3,(H,24,27). The van der Waals surface area contributed by atoms with Gasteiger partial charge in [0.25, 0.3) is 11.8 Å². The van der Waals surface area contributed by atoms with Crippen LogP contribution in [0.15, 0.2) is 53.1 Å². The van der Waals surface area contributed by atoms with E-state index in [1.54, 1.807) is 26.2 Å². The average Bonchev–Trinajstić information content (AvgIpc) is 3.20. The van der Waals surface area contributed by atoms with Crippen LogP contribution in [0.1, 0.15) is 29.0 Å². The van der Waals surface area contributed by atoms with Crippen LogP contribution < -0.4 is 15.0 Å². The van der Waals surface area contributed by atoms with Gasteiger partial charge in [0.05, 0.1) is 12.8 Å². The second kappa shape index (κ2) is 8.34. The molecule has 1 amide bonds. The molecule has 1 aliphatic heterocycles. The number of amides is 1. The molecule has 2 heterocycles. The summed E-state index contributed by atoms with van der Waals surface area (Å²) in [6.45, 7) is 3.52. The van der Waals surface area contributed by atoms with Gasteiger partial charge in [-0.1, -0.05) is 17.3 Å². The van der Waals surface area contributed by atoms with Gasteiger partial charge in [0.15, 0.2) is 5.82 Å². The average molecular weight is 392 g/mol. The number of aromatic nitrogens is 2. The number of piperidine rings is 1. The van der Waals surface area contributed by atoms with Gasteiger partial charge in [-0.3, -0.25) is 4.79 Å². The van der Waals surface area contributed by atoms with E-state index in [2.05, 4.69) is 26.4 Å². The number of aryl methyl sites for hydroxylation is 1. The fraction of sp³-hybridized carbons (Fsp3) is 0.318. The Balaban J connectivity index is 1.34. The van der Waals surface area contributed by atoms with Gasteiger partial charge in [0.2, 0.25) is 0 Å². The van der Waals surface area contributed by atoms with Gasteiger partial charge in [0.1, 0.15) is 5.75 Å². The lowest BCUT2D eigenvalue weighted by Crippen LogP contribution is -2.44. The fourth-order valence-corrected chi connectivity index (χ4v) is 3.60. The molecule has 0 bridgehead atoms. The lowest BCUT2D eigenvalue weighted by Gasteiger charge is -2.34. The van der Waals surface area contributed by atoms with Crippen molar-refractivity contribution in [1.29, 1.82) is 0 Å². The minimum atomic E-state index is -0.0611. The Bertz CT molecular complexity index is 976. The predicted molar refractivity (Wildman–Crippen MR) is 110 cm³/mol. The molecule has 1 N–H and O–H groups in total. The summed E-state index contributed by atoms with van der Waals surface area (Å²) < 4.78 is 10.6. The van der Waals surface area contributed by atoms with E-state index >= 15 is 0 Å². The van der Waals surface area contributed by atoms with E-state index in [0.717, 1.165) is 42.9 Å². The summed E-state index contributed by atoms with van der Waals surface area (Å²) in [5.41, 5.74) is 2.52. The number of methoxy groups -OCH3 is 1. The largest absolute Gasteiger partial charge is 0.495 e. The Kier molecular flexibility index (Phi) is 5.46. The van der Waals surface area contributed by atoms with Crippen molar-refractivity contribution in [1.82, 2.24) is 15.5 Å². The van der Waals surface area contributed by atoms with E-state index in [1.807, 2.05) is 30.3 Å². The number of benzene rings is 2. The van der Waals surface area contributed by atoms with Crippen LogP contribution in [0.3, 0.4) is 0 Å². The molecular weight excluding hydrogens is 368 g/mol. The molecule has 0 unspecified atom stereocenters. The molecule has 1 aromatic heterocycles. The molecule has 4 rings (SSSR count). The third-order valence-electron chi connectivity index (χ3n) is 5.18. The van der Waals surface area contributed by atoms with E-state index in [1.165, 1.54) is 0 Å². The molecule has 0 spiro atoms. The lowest BCUT2D eigenvalue weighted by molar-refractivity contribution is 0.0931. The first-order valence-corrected chi connectivity index (χ1v) is 9.73. The van der Waals surface area contributed by atoms with Crippen LogP contribution in [-0.4, -0.2) is 42.3 Å². The van der Waals surface area contributed by atoms with Crippen LogP contribution in [0.25, 0.3) is 11.5 Å². The smallest absolute Gasteiger partial charge is 0.257 e. The molecule has 0 radical (unpaired) electrons. The van der Waals surface area contributed by atoms with Gasteiger partial charge in [-0.2, -0.15) is 4.98 Å². The van der Waals surface area contributed by atoms with Crippen molar-refractivity contribution in [2.75, 3.05) is 25.1 Å². The van der Waals surface area contributed by atoms with Gasteiger partial charge in [-0.25, -0.2) is 0 Å². The van der Waals surface area contributed by atoms with Crippen molar-refractivity contribution in [2.24, 2.45) is 0 Å². The first-order chi connectivity index (χ1) is 14.1. The highest BCUT2D eigenvalue weighted by Crippen LogP contribution is 2.30. The third-order valence-corrected chi connectivity index (χ3v) is 5.18.